The summed E-state index contributed by atoms with van der Waals surface area (Å²) in [5.74, 6) is -0.169. The number of aromatic nitrogens is 4. The Balaban J connectivity index is 1.34. The van der Waals surface area contributed by atoms with E-state index in [4.69, 9.17) is 4.74 Å². The predicted octanol–water partition coefficient (Wildman–Crippen LogP) is 4.60. The molecule has 39 heavy (non-hydrogen) atoms. The Morgan fingerprint density at radius 1 is 1.08 bits per heavy atom. The zero-order valence-electron chi connectivity index (χ0n) is 24.0. The molecule has 8 nitrogen and oxygen atoms in total. The van der Waals surface area contributed by atoms with Crippen LogP contribution in [-0.4, -0.2) is 55.9 Å². The van der Waals surface area contributed by atoms with Gasteiger partial charge in [-0.25, -0.2) is 9.50 Å². The summed E-state index contributed by atoms with van der Waals surface area (Å²) in [6.45, 7) is 6.96. The van der Waals surface area contributed by atoms with Crippen molar-refractivity contribution in [1.29, 1.82) is 0 Å². The van der Waals surface area contributed by atoms with E-state index in [1.54, 1.807) is 4.52 Å². The maximum absolute atomic E-state index is 13.6. The first-order valence-corrected chi connectivity index (χ1v) is 14.4. The minimum Gasteiger partial charge on any atom is -0.458 e. The van der Waals surface area contributed by atoms with Gasteiger partial charge < -0.3 is 9.64 Å². The van der Waals surface area contributed by atoms with Gasteiger partial charge in [0, 0.05) is 30.8 Å². The molecule has 1 aliphatic carbocycles. The second-order valence-electron chi connectivity index (χ2n) is 11.8. The number of aryl methyl sites for hydroxylation is 4. The fourth-order valence-electron chi connectivity index (χ4n) is 6.57. The van der Waals surface area contributed by atoms with Gasteiger partial charge in [0.15, 0.2) is 11.6 Å². The molecule has 8 heteroatoms. The summed E-state index contributed by atoms with van der Waals surface area (Å²) >= 11 is 0. The Kier molecular flexibility index (Phi) is 7.85. The lowest BCUT2D eigenvalue weighted by Crippen LogP contribution is -2.52. The monoisotopic (exact) mass is 531 g/mol. The van der Waals surface area contributed by atoms with Gasteiger partial charge in [-0.15, -0.1) is 5.10 Å². The maximum atomic E-state index is 13.6. The van der Waals surface area contributed by atoms with Crippen LogP contribution in [0.25, 0.3) is 5.78 Å². The molecule has 2 aromatic heterocycles. The molecule has 0 spiro atoms. The smallest absolute Gasteiger partial charge is 0.317 e. The Hall–Kier alpha value is -3.13. The minimum absolute atomic E-state index is 0.0477. The number of carbonyl (C=O) groups is 2. The van der Waals surface area contributed by atoms with Crippen molar-refractivity contribution in [3.63, 3.8) is 0 Å². The van der Waals surface area contributed by atoms with Gasteiger partial charge in [-0.2, -0.15) is 4.98 Å². The SMILES string of the molecule is CCc1cc(CCC2(C3CCCC3)CC(=O)C(Cc3nc4nc(C)cc(C)n4n3)C(=O)O2)ccc1CN(C)C. The van der Waals surface area contributed by atoms with Crippen LogP contribution in [0.4, 0.5) is 0 Å². The largest absolute Gasteiger partial charge is 0.458 e. The fourth-order valence-corrected chi connectivity index (χ4v) is 6.57. The highest BCUT2D eigenvalue weighted by molar-refractivity contribution is 6.01. The second kappa shape index (κ2) is 11.2. The van der Waals surface area contributed by atoms with E-state index in [1.807, 2.05) is 19.9 Å². The van der Waals surface area contributed by atoms with Crippen molar-refractivity contribution in [2.45, 2.75) is 90.7 Å². The summed E-state index contributed by atoms with van der Waals surface area (Å²) in [5.41, 5.74) is 4.98. The molecular formula is C31H41N5O3. The maximum Gasteiger partial charge on any atom is 0.317 e. The van der Waals surface area contributed by atoms with Crippen molar-refractivity contribution in [2.75, 3.05) is 14.1 Å². The van der Waals surface area contributed by atoms with Crippen molar-refractivity contribution in [2.24, 2.45) is 11.8 Å². The number of fused-ring (bicyclic) bond motifs is 1. The Morgan fingerprint density at radius 2 is 1.85 bits per heavy atom. The average molecular weight is 532 g/mol. The number of Topliss-reactive ketones (excluding diaryl/α,β-unsaturated/α-hetero) is 1. The molecule has 3 heterocycles. The lowest BCUT2D eigenvalue weighted by Gasteiger charge is -2.43. The number of ether oxygens (including phenoxy) is 1. The van der Waals surface area contributed by atoms with Gasteiger partial charge in [0.05, 0.1) is 0 Å². The van der Waals surface area contributed by atoms with E-state index < -0.39 is 17.5 Å². The van der Waals surface area contributed by atoms with Gasteiger partial charge in [-0.1, -0.05) is 38.0 Å². The number of nitrogens with zero attached hydrogens (tertiary/aromatic N) is 5. The number of cyclic esters (lactones) is 1. The van der Waals surface area contributed by atoms with E-state index in [0.717, 1.165) is 56.5 Å². The van der Waals surface area contributed by atoms with Gasteiger partial charge in [0.25, 0.3) is 5.78 Å². The Bertz CT molecular complexity index is 1350. The van der Waals surface area contributed by atoms with Gasteiger partial charge in [0.2, 0.25) is 0 Å². The normalized spacial score (nSPS) is 22.3. The summed E-state index contributed by atoms with van der Waals surface area (Å²) in [4.78, 5) is 38.2. The molecule has 2 fully saturated rings. The van der Waals surface area contributed by atoms with E-state index in [2.05, 4.69) is 59.2 Å². The van der Waals surface area contributed by atoms with E-state index in [-0.39, 0.29) is 24.5 Å². The summed E-state index contributed by atoms with van der Waals surface area (Å²) in [6.07, 6.45) is 7.12. The molecule has 1 aliphatic heterocycles. The van der Waals surface area contributed by atoms with Crippen LogP contribution in [0.3, 0.4) is 0 Å². The van der Waals surface area contributed by atoms with Gasteiger partial charge >= 0.3 is 5.97 Å². The molecule has 5 rings (SSSR count). The third kappa shape index (κ3) is 5.76. The van der Waals surface area contributed by atoms with Crippen molar-refractivity contribution in [3.8, 4) is 0 Å². The molecule has 0 radical (unpaired) electrons. The van der Waals surface area contributed by atoms with E-state index in [0.29, 0.717) is 18.0 Å². The number of benzene rings is 1. The molecule has 2 unspecified atom stereocenters. The summed E-state index contributed by atoms with van der Waals surface area (Å²) in [5, 5.41) is 4.53. The first kappa shape index (κ1) is 27.4. The van der Waals surface area contributed by atoms with Crippen LogP contribution >= 0.6 is 0 Å². The lowest BCUT2D eigenvalue weighted by molar-refractivity contribution is -0.185. The molecule has 1 saturated carbocycles. The molecule has 208 valence electrons. The zero-order chi connectivity index (χ0) is 27.7. The average Bonchev–Trinajstić information content (AvgIpc) is 3.56. The highest BCUT2D eigenvalue weighted by Gasteiger charge is 2.51. The first-order chi connectivity index (χ1) is 18.7. The highest BCUT2D eigenvalue weighted by Crippen LogP contribution is 2.45. The van der Waals surface area contributed by atoms with Crippen LogP contribution in [0.5, 0.6) is 0 Å². The molecule has 0 N–H and O–H groups in total. The summed E-state index contributed by atoms with van der Waals surface area (Å²) < 4.78 is 8.01. The number of rotatable bonds is 9. The summed E-state index contributed by atoms with van der Waals surface area (Å²) in [7, 11) is 4.18. The van der Waals surface area contributed by atoms with E-state index in [9.17, 15) is 9.59 Å². The zero-order valence-corrected chi connectivity index (χ0v) is 24.0. The van der Waals surface area contributed by atoms with Gasteiger partial charge in [0.1, 0.15) is 11.5 Å². The fraction of sp³-hybridized carbons (Fsp3) is 0.581. The van der Waals surface area contributed by atoms with Crippen LogP contribution in [-0.2, 0) is 40.1 Å². The van der Waals surface area contributed by atoms with Crippen molar-refractivity contribution in [1.82, 2.24) is 24.5 Å². The molecule has 2 aliphatic rings. The molecule has 0 bridgehead atoms. The van der Waals surface area contributed by atoms with Crippen molar-refractivity contribution in [3.05, 3.63) is 58.2 Å². The molecule has 0 amide bonds. The van der Waals surface area contributed by atoms with Crippen LogP contribution in [0.15, 0.2) is 24.3 Å². The number of ketones is 1. The second-order valence-corrected chi connectivity index (χ2v) is 11.8. The minimum atomic E-state index is -0.865. The molecule has 1 saturated heterocycles. The first-order valence-electron chi connectivity index (χ1n) is 14.4. The standard InChI is InChI=1S/C31H41N5O3/c1-6-23-16-22(11-12-24(23)19-35(4)5)13-14-31(25-9-7-8-10-25)18-27(37)26(29(38)39-31)17-28-33-30-32-20(2)15-21(3)36(30)34-28/h11-12,15-16,25-26H,6-10,13-14,17-19H2,1-5H3. The third-order valence-electron chi connectivity index (χ3n) is 8.57. The predicted molar refractivity (Wildman–Crippen MR) is 149 cm³/mol. The van der Waals surface area contributed by atoms with Crippen LogP contribution in [0.1, 0.15) is 79.4 Å². The molecule has 1 aromatic carbocycles. The summed E-state index contributed by atoms with van der Waals surface area (Å²) in [6, 6.07) is 8.65. The highest BCUT2D eigenvalue weighted by atomic mass is 16.6. The molecular weight excluding hydrogens is 490 g/mol. The molecule has 3 aromatic rings. The quantitative estimate of drug-likeness (QED) is 0.294. The van der Waals surface area contributed by atoms with Crippen LogP contribution in [0, 0.1) is 25.7 Å². The number of esters is 1. The van der Waals surface area contributed by atoms with Crippen molar-refractivity contribution >= 4 is 17.5 Å². The van der Waals surface area contributed by atoms with Gasteiger partial charge in [-0.05, 0) is 88.7 Å². The lowest BCUT2D eigenvalue weighted by atomic mass is 9.73. The van der Waals surface area contributed by atoms with Crippen molar-refractivity contribution < 1.29 is 14.3 Å². The topological polar surface area (TPSA) is 89.7 Å². The number of hydrogen-bond acceptors (Lipinski definition) is 7. The van der Waals surface area contributed by atoms with Crippen LogP contribution < -0.4 is 0 Å². The number of hydrogen-bond donors (Lipinski definition) is 0. The van der Waals surface area contributed by atoms with E-state index in [1.165, 1.54) is 16.7 Å². The Labute approximate surface area is 231 Å². The van der Waals surface area contributed by atoms with Crippen LogP contribution in [0.2, 0.25) is 0 Å². The Morgan fingerprint density at radius 3 is 2.54 bits per heavy atom. The van der Waals surface area contributed by atoms with Gasteiger partial charge in [-0.3, -0.25) is 9.59 Å². The number of carbonyl (C=O) groups excluding carboxylic acids is 2. The molecule has 2 atom stereocenters. The third-order valence-corrected chi connectivity index (χ3v) is 8.57. The van der Waals surface area contributed by atoms with E-state index >= 15 is 0 Å².